The third-order valence-electron chi connectivity index (χ3n) is 5.49. The molecule has 34 heavy (non-hydrogen) atoms. The summed E-state index contributed by atoms with van der Waals surface area (Å²) in [6, 6.07) is 5.52. The highest BCUT2D eigenvalue weighted by Crippen LogP contribution is 2.32. The number of fused-ring (bicyclic) bond motifs is 1. The van der Waals surface area contributed by atoms with Gasteiger partial charge in [0, 0.05) is 17.7 Å². The number of ether oxygens (including phenoxy) is 2. The Morgan fingerprint density at radius 3 is 2.85 bits per heavy atom. The van der Waals surface area contributed by atoms with Crippen molar-refractivity contribution in [2.45, 2.75) is 32.9 Å². The molecule has 1 aliphatic heterocycles. The number of amides is 1. The Kier molecular flexibility index (Phi) is 7.24. The second-order valence-corrected chi connectivity index (χ2v) is 7.86. The average Bonchev–Trinajstić information content (AvgIpc) is 3.47. The van der Waals surface area contributed by atoms with Crippen LogP contribution in [0.4, 0.5) is 16.6 Å². The molecule has 0 atom stereocenters. The third kappa shape index (κ3) is 4.95. The van der Waals surface area contributed by atoms with Gasteiger partial charge in [-0.1, -0.05) is 31.6 Å². The van der Waals surface area contributed by atoms with Crippen LogP contribution in [0.15, 0.2) is 24.3 Å². The topological polar surface area (TPSA) is 144 Å². The molecule has 1 aromatic carbocycles. The molecule has 2 aromatic heterocycles. The highest BCUT2D eigenvalue weighted by Gasteiger charge is 2.23. The van der Waals surface area contributed by atoms with Crippen molar-refractivity contribution in [2.24, 2.45) is 0 Å². The Bertz CT molecular complexity index is 1220. The lowest BCUT2D eigenvalue weighted by molar-refractivity contribution is 0.209. The van der Waals surface area contributed by atoms with Gasteiger partial charge in [0.05, 0.1) is 33.5 Å². The molecule has 180 valence electrons. The molecule has 4 N–H and O–H groups in total. The van der Waals surface area contributed by atoms with Gasteiger partial charge in [-0.25, -0.2) is 9.78 Å². The van der Waals surface area contributed by atoms with Crippen LogP contribution in [0.1, 0.15) is 36.6 Å². The van der Waals surface area contributed by atoms with Crippen molar-refractivity contribution in [3.63, 3.8) is 0 Å². The molecule has 0 unspecified atom stereocenters. The van der Waals surface area contributed by atoms with Crippen LogP contribution in [-0.2, 0) is 17.9 Å². The fourth-order valence-corrected chi connectivity index (χ4v) is 3.80. The second kappa shape index (κ2) is 10.5. The van der Waals surface area contributed by atoms with Crippen LogP contribution in [0, 0.1) is 0 Å². The third-order valence-corrected chi connectivity index (χ3v) is 5.49. The first kappa shape index (κ1) is 23.5. The van der Waals surface area contributed by atoms with Crippen molar-refractivity contribution in [3.05, 3.63) is 41.1 Å². The standard InChI is InChI=1S/C23H28N6O5/c1-3-4-8-24-21-20-19(25-22(26-21)27-23(31)32)18(16-7-9-34-13-16)28-29(20)11-15-6-5-14(12-30)10-17(15)33-2/h5-7,10,30H,3-4,8-9,11-13H2,1-2H3,(H,31,32)(H2,24,25,26,27). The predicted molar refractivity (Wildman–Crippen MR) is 127 cm³/mol. The van der Waals surface area contributed by atoms with Gasteiger partial charge in [-0.3, -0.25) is 10.00 Å². The molecule has 4 rings (SSSR count). The lowest BCUT2D eigenvalue weighted by Crippen LogP contribution is -2.14. The molecule has 3 aromatic rings. The monoisotopic (exact) mass is 468 g/mol. The number of aromatic nitrogens is 4. The summed E-state index contributed by atoms with van der Waals surface area (Å²) in [5.74, 6) is 1.10. The van der Waals surface area contributed by atoms with E-state index in [1.54, 1.807) is 17.9 Å². The van der Waals surface area contributed by atoms with Crippen LogP contribution in [0.2, 0.25) is 0 Å². The van der Waals surface area contributed by atoms with Crippen LogP contribution in [0.25, 0.3) is 16.6 Å². The summed E-state index contributed by atoms with van der Waals surface area (Å²) in [5, 5.41) is 29.1. The van der Waals surface area contributed by atoms with Gasteiger partial charge in [0.25, 0.3) is 0 Å². The lowest BCUT2D eigenvalue weighted by Gasteiger charge is -2.13. The Hall–Kier alpha value is -3.70. The summed E-state index contributed by atoms with van der Waals surface area (Å²) in [6.45, 7) is 3.90. The molecule has 0 aliphatic carbocycles. The average molecular weight is 469 g/mol. The number of hydrogen-bond donors (Lipinski definition) is 4. The summed E-state index contributed by atoms with van der Waals surface area (Å²) in [6.07, 6.45) is 2.61. The van der Waals surface area contributed by atoms with Crippen molar-refractivity contribution < 1.29 is 24.5 Å². The number of benzene rings is 1. The van der Waals surface area contributed by atoms with E-state index < -0.39 is 6.09 Å². The first-order valence-corrected chi connectivity index (χ1v) is 11.1. The molecule has 11 nitrogen and oxygen atoms in total. The molecule has 1 aliphatic rings. The van der Waals surface area contributed by atoms with E-state index in [1.807, 2.05) is 18.2 Å². The predicted octanol–water partition coefficient (Wildman–Crippen LogP) is 3.09. The van der Waals surface area contributed by atoms with Crippen molar-refractivity contribution in [3.8, 4) is 5.75 Å². The summed E-state index contributed by atoms with van der Waals surface area (Å²) in [4.78, 5) is 20.2. The number of carbonyl (C=O) groups is 1. The van der Waals surface area contributed by atoms with E-state index in [4.69, 9.17) is 14.6 Å². The normalized spacial score (nSPS) is 13.2. The highest BCUT2D eigenvalue weighted by molar-refractivity contribution is 5.96. The number of aliphatic hydroxyl groups is 1. The molecule has 11 heteroatoms. The zero-order valence-electron chi connectivity index (χ0n) is 19.2. The van der Waals surface area contributed by atoms with Crippen molar-refractivity contribution in [1.82, 2.24) is 19.7 Å². The van der Waals surface area contributed by atoms with Crippen LogP contribution < -0.4 is 15.4 Å². The number of nitrogens with zero attached hydrogens (tertiary/aromatic N) is 4. The molecule has 1 amide bonds. The van der Waals surface area contributed by atoms with Gasteiger partial charge < -0.3 is 25.0 Å². The number of nitrogens with one attached hydrogen (secondary N) is 2. The largest absolute Gasteiger partial charge is 0.496 e. The number of hydrogen-bond acceptors (Lipinski definition) is 8. The molecular weight excluding hydrogens is 440 g/mol. The Balaban J connectivity index is 1.87. The Morgan fingerprint density at radius 2 is 2.18 bits per heavy atom. The van der Waals surface area contributed by atoms with E-state index in [9.17, 15) is 15.0 Å². The SMILES string of the molecule is CCCCNc1nc(NC(=O)O)nc2c(C3=CCOC3)nn(Cc3ccc(CO)cc3OC)c12. The number of unbranched alkanes of at least 4 members (excludes halogenated alkanes) is 1. The van der Waals surface area contributed by atoms with Gasteiger partial charge in [-0.15, -0.1) is 0 Å². The van der Waals surface area contributed by atoms with Crippen molar-refractivity contribution in [2.75, 3.05) is 37.5 Å². The van der Waals surface area contributed by atoms with Crippen molar-refractivity contribution in [1.29, 1.82) is 0 Å². The van der Waals surface area contributed by atoms with Gasteiger partial charge in [-0.05, 0) is 18.1 Å². The second-order valence-electron chi connectivity index (χ2n) is 7.86. The molecule has 0 saturated heterocycles. The number of rotatable bonds is 10. The number of aliphatic hydroxyl groups excluding tert-OH is 1. The Morgan fingerprint density at radius 1 is 1.32 bits per heavy atom. The minimum atomic E-state index is -1.25. The molecule has 0 spiro atoms. The zero-order chi connectivity index (χ0) is 24.1. The van der Waals surface area contributed by atoms with Gasteiger partial charge in [0.1, 0.15) is 22.5 Å². The van der Waals surface area contributed by atoms with Crippen LogP contribution in [-0.4, -0.2) is 62.9 Å². The molecular formula is C23H28N6O5. The fraction of sp³-hybridized carbons (Fsp3) is 0.391. The molecule has 3 heterocycles. The van der Waals surface area contributed by atoms with Gasteiger partial charge in [0.2, 0.25) is 5.95 Å². The number of methoxy groups -OCH3 is 1. The van der Waals surface area contributed by atoms with Gasteiger partial charge in [-0.2, -0.15) is 10.1 Å². The lowest BCUT2D eigenvalue weighted by atomic mass is 10.1. The van der Waals surface area contributed by atoms with Crippen LogP contribution >= 0.6 is 0 Å². The molecule has 0 saturated carbocycles. The van der Waals surface area contributed by atoms with E-state index >= 15 is 0 Å². The maximum absolute atomic E-state index is 11.3. The summed E-state index contributed by atoms with van der Waals surface area (Å²) in [5.41, 5.74) is 4.29. The zero-order valence-corrected chi connectivity index (χ0v) is 19.2. The fourth-order valence-electron chi connectivity index (χ4n) is 3.80. The number of carboxylic acid groups (broad SMARTS) is 1. The highest BCUT2D eigenvalue weighted by atomic mass is 16.5. The quantitative estimate of drug-likeness (QED) is 0.330. The number of anilines is 2. The van der Waals surface area contributed by atoms with E-state index in [2.05, 4.69) is 27.5 Å². The molecule has 0 bridgehead atoms. The Labute approximate surface area is 196 Å². The minimum absolute atomic E-state index is 0.0239. The molecule has 0 radical (unpaired) electrons. The van der Waals surface area contributed by atoms with Crippen LogP contribution in [0.3, 0.4) is 0 Å². The van der Waals surface area contributed by atoms with Crippen molar-refractivity contribution >= 4 is 34.5 Å². The van der Waals surface area contributed by atoms with E-state index in [0.29, 0.717) is 54.6 Å². The summed E-state index contributed by atoms with van der Waals surface area (Å²) >= 11 is 0. The maximum atomic E-state index is 11.3. The summed E-state index contributed by atoms with van der Waals surface area (Å²) in [7, 11) is 1.58. The van der Waals surface area contributed by atoms with E-state index in [-0.39, 0.29) is 12.6 Å². The minimum Gasteiger partial charge on any atom is -0.496 e. The van der Waals surface area contributed by atoms with E-state index in [0.717, 1.165) is 29.5 Å². The first-order valence-electron chi connectivity index (χ1n) is 11.1. The smallest absolute Gasteiger partial charge is 0.411 e. The van der Waals surface area contributed by atoms with Gasteiger partial charge in [0.15, 0.2) is 5.82 Å². The summed E-state index contributed by atoms with van der Waals surface area (Å²) < 4.78 is 12.8. The first-order chi connectivity index (χ1) is 16.5. The van der Waals surface area contributed by atoms with Crippen LogP contribution in [0.5, 0.6) is 5.75 Å². The van der Waals surface area contributed by atoms with Gasteiger partial charge >= 0.3 is 6.09 Å². The maximum Gasteiger partial charge on any atom is 0.411 e. The molecule has 0 fully saturated rings. The van der Waals surface area contributed by atoms with E-state index in [1.165, 1.54) is 0 Å².